The van der Waals surface area contributed by atoms with Gasteiger partial charge < -0.3 is 9.47 Å². The minimum Gasteiger partial charge on any atom is -0.486 e. The Morgan fingerprint density at radius 2 is 2.06 bits per heavy atom. The largest absolute Gasteiger partial charge is 0.486 e. The van der Waals surface area contributed by atoms with Crippen LogP contribution in [0.3, 0.4) is 0 Å². The third-order valence-corrected chi connectivity index (χ3v) is 3.34. The second kappa shape index (κ2) is 3.60. The molecule has 0 amide bonds. The topological polar surface area (TPSA) is 85.4 Å². The van der Waals surface area contributed by atoms with E-state index in [9.17, 15) is 10.1 Å². The van der Waals surface area contributed by atoms with Gasteiger partial charge in [0.25, 0.3) is 0 Å². The number of fused-ring (bicyclic) bond motifs is 1. The number of nitrogens with zero attached hydrogens (tertiary/aromatic N) is 2. The molecule has 0 atom stereocenters. The Balaban J connectivity index is 2.16. The van der Waals surface area contributed by atoms with Crippen molar-refractivity contribution < 1.29 is 14.4 Å². The van der Waals surface area contributed by atoms with E-state index in [2.05, 4.69) is 6.07 Å². The molecular weight excluding hydrogens is 236 g/mol. The predicted octanol–water partition coefficient (Wildman–Crippen LogP) is 1.92. The Labute approximate surface area is 103 Å². The van der Waals surface area contributed by atoms with Gasteiger partial charge in [0.2, 0.25) is 5.75 Å². The van der Waals surface area contributed by atoms with Crippen molar-refractivity contribution in [2.45, 2.75) is 18.3 Å². The van der Waals surface area contributed by atoms with Gasteiger partial charge in [0.05, 0.1) is 16.4 Å². The van der Waals surface area contributed by atoms with Gasteiger partial charge in [0.1, 0.15) is 13.2 Å². The molecule has 0 spiro atoms. The monoisotopic (exact) mass is 246 g/mol. The first kappa shape index (κ1) is 10.8. The zero-order chi connectivity index (χ0) is 12.8. The van der Waals surface area contributed by atoms with Gasteiger partial charge in [-0.05, 0) is 24.5 Å². The molecule has 3 rings (SSSR count). The molecule has 0 bridgehead atoms. The van der Waals surface area contributed by atoms with Crippen LogP contribution in [0, 0.1) is 21.4 Å². The van der Waals surface area contributed by atoms with E-state index < -0.39 is 10.3 Å². The molecule has 6 heteroatoms. The summed E-state index contributed by atoms with van der Waals surface area (Å²) in [7, 11) is 0. The van der Waals surface area contributed by atoms with Crippen LogP contribution in [0.15, 0.2) is 12.1 Å². The van der Waals surface area contributed by atoms with Gasteiger partial charge in [-0.25, -0.2) is 0 Å². The molecular formula is C12H10N2O4. The molecule has 1 fully saturated rings. The smallest absolute Gasteiger partial charge is 0.315 e. The lowest BCUT2D eigenvalue weighted by atomic mass is 9.96. The maximum absolute atomic E-state index is 11.0. The number of rotatable bonds is 2. The van der Waals surface area contributed by atoms with E-state index in [0.717, 1.165) is 12.8 Å². The van der Waals surface area contributed by atoms with Gasteiger partial charge in [-0.1, -0.05) is 0 Å². The van der Waals surface area contributed by atoms with Crippen LogP contribution < -0.4 is 9.47 Å². The Bertz CT molecular complexity index is 572. The molecule has 1 aromatic rings. The lowest BCUT2D eigenvalue weighted by Crippen LogP contribution is -2.17. The summed E-state index contributed by atoms with van der Waals surface area (Å²) in [6.45, 7) is 0.670. The van der Waals surface area contributed by atoms with Gasteiger partial charge in [0.15, 0.2) is 5.75 Å². The highest BCUT2D eigenvalue weighted by Crippen LogP contribution is 2.51. The van der Waals surface area contributed by atoms with E-state index in [-0.39, 0.29) is 11.4 Å². The first-order chi connectivity index (χ1) is 8.66. The normalized spacial score (nSPS) is 18.8. The number of nitriles is 1. The zero-order valence-electron chi connectivity index (χ0n) is 9.51. The van der Waals surface area contributed by atoms with Crippen molar-refractivity contribution in [2.75, 3.05) is 13.2 Å². The van der Waals surface area contributed by atoms with E-state index in [1.807, 2.05) is 0 Å². The summed E-state index contributed by atoms with van der Waals surface area (Å²) in [4.78, 5) is 10.6. The molecule has 92 valence electrons. The van der Waals surface area contributed by atoms with Gasteiger partial charge in [0, 0.05) is 6.07 Å². The molecule has 1 aliphatic carbocycles. The van der Waals surface area contributed by atoms with Crippen molar-refractivity contribution >= 4 is 5.69 Å². The van der Waals surface area contributed by atoms with Crippen LogP contribution in [-0.2, 0) is 5.41 Å². The fraction of sp³-hybridized carbons (Fsp3) is 0.417. The minimum absolute atomic E-state index is 0.122. The van der Waals surface area contributed by atoms with Crippen molar-refractivity contribution in [1.29, 1.82) is 5.26 Å². The highest BCUT2D eigenvalue weighted by molar-refractivity contribution is 5.61. The first-order valence-electron chi connectivity index (χ1n) is 5.66. The lowest BCUT2D eigenvalue weighted by molar-refractivity contribution is -0.386. The zero-order valence-corrected chi connectivity index (χ0v) is 9.51. The molecule has 0 saturated heterocycles. The number of nitro groups is 1. The van der Waals surface area contributed by atoms with Crippen molar-refractivity contribution in [3.63, 3.8) is 0 Å². The maximum Gasteiger partial charge on any atom is 0.315 e. The number of hydrogen-bond acceptors (Lipinski definition) is 5. The SMILES string of the molecule is N#CC1(c2cc3c(c([N+](=O)[O-])c2)OCCO3)CC1. The molecule has 2 aliphatic rings. The van der Waals surface area contributed by atoms with Crippen molar-refractivity contribution in [3.05, 3.63) is 27.8 Å². The van der Waals surface area contributed by atoms with Crippen LogP contribution in [0.25, 0.3) is 0 Å². The van der Waals surface area contributed by atoms with Gasteiger partial charge in [-0.3, -0.25) is 10.1 Å². The summed E-state index contributed by atoms with van der Waals surface area (Å²) in [6.07, 6.45) is 1.47. The fourth-order valence-electron chi connectivity index (χ4n) is 2.14. The molecule has 1 aromatic carbocycles. The highest BCUT2D eigenvalue weighted by atomic mass is 16.6. The van der Waals surface area contributed by atoms with E-state index in [4.69, 9.17) is 14.7 Å². The first-order valence-corrected chi connectivity index (χ1v) is 5.66. The molecule has 18 heavy (non-hydrogen) atoms. The Hall–Kier alpha value is -2.29. The third-order valence-electron chi connectivity index (χ3n) is 3.34. The lowest BCUT2D eigenvalue weighted by Gasteiger charge is -2.19. The van der Waals surface area contributed by atoms with E-state index in [1.165, 1.54) is 6.07 Å². The maximum atomic E-state index is 11.0. The van der Waals surface area contributed by atoms with Gasteiger partial charge in [-0.2, -0.15) is 5.26 Å². The molecule has 6 nitrogen and oxygen atoms in total. The van der Waals surface area contributed by atoms with Crippen molar-refractivity contribution in [2.24, 2.45) is 0 Å². The summed E-state index contributed by atoms with van der Waals surface area (Å²) in [6, 6.07) is 5.35. The second-order valence-electron chi connectivity index (χ2n) is 4.47. The Morgan fingerprint density at radius 3 is 2.67 bits per heavy atom. The molecule has 0 radical (unpaired) electrons. The summed E-state index contributed by atoms with van der Waals surface area (Å²) in [5.74, 6) is 0.538. The van der Waals surface area contributed by atoms with E-state index in [0.29, 0.717) is 24.5 Å². The van der Waals surface area contributed by atoms with Crippen LogP contribution in [0.1, 0.15) is 18.4 Å². The fourth-order valence-corrected chi connectivity index (χ4v) is 2.14. The van der Waals surface area contributed by atoms with Crippen molar-refractivity contribution in [1.82, 2.24) is 0 Å². The average molecular weight is 246 g/mol. The quantitative estimate of drug-likeness (QED) is 0.587. The average Bonchev–Trinajstić information content (AvgIpc) is 3.18. The second-order valence-corrected chi connectivity index (χ2v) is 4.47. The summed E-state index contributed by atoms with van der Waals surface area (Å²) < 4.78 is 10.7. The van der Waals surface area contributed by atoms with Gasteiger partial charge >= 0.3 is 5.69 Å². The number of ether oxygens (including phenoxy) is 2. The minimum atomic E-state index is -0.569. The van der Waals surface area contributed by atoms with Crippen LogP contribution in [0.5, 0.6) is 11.5 Å². The van der Waals surface area contributed by atoms with E-state index >= 15 is 0 Å². The number of nitro benzene ring substituents is 1. The summed E-state index contributed by atoms with van der Waals surface area (Å²) in [5.41, 5.74) is -0.0367. The van der Waals surface area contributed by atoms with E-state index in [1.54, 1.807) is 6.07 Å². The Kier molecular flexibility index (Phi) is 2.17. The molecule has 0 unspecified atom stereocenters. The number of hydrogen-bond donors (Lipinski definition) is 0. The van der Waals surface area contributed by atoms with Crippen LogP contribution in [0.2, 0.25) is 0 Å². The van der Waals surface area contributed by atoms with Crippen LogP contribution >= 0.6 is 0 Å². The van der Waals surface area contributed by atoms with Crippen LogP contribution in [0.4, 0.5) is 5.69 Å². The molecule has 0 N–H and O–H groups in total. The van der Waals surface area contributed by atoms with Crippen LogP contribution in [-0.4, -0.2) is 18.1 Å². The van der Waals surface area contributed by atoms with Crippen molar-refractivity contribution in [3.8, 4) is 17.6 Å². The third kappa shape index (κ3) is 1.48. The van der Waals surface area contributed by atoms with Gasteiger partial charge in [-0.15, -0.1) is 0 Å². The Morgan fingerprint density at radius 1 is 1.33 bits per heavy atom. The summed E-state index contributed by atoms with van der Waals surface area (Å²) >= 11 is 0. The molecule has 1 aliphatic heterocycles. The molecule has 1 saturated carbocycles. The molecule has 0 aromatic heterocycles. The highest BCUT2D eigenvalue weighted by Gasteiger charge is 2.46. The molecule has 1 heterocycles. The standard InChI is InChI=1S/C12H10N2O4/c13-7-12(1-2-12)8-5-9(14(15)16)11-10(6-8)17-3-4-18-11/h5-6H,1-4H2. The summed E-state index contributed by atoms with van der Waals surface area (Å²) in [5, 5.41) is 20.2. The number of benzene rings is 1. The predicted molar refractivity (Wildman–Crippen MR) is 60.6 cm³/mol.